The monoisotopic (exact) mass is 346 g/mol. The Morgan fingerprint density at radius 3 is 2.40 bits per heavy atom. The van der Waals surface area contributed by atoms with Gasteiger partial charge in [0.1, 0.15) is 11.8 Å². The van der Waals surface area contributed by atoms with Gasteiger partial charge in [0.2, 0.25) is 0 Å². The van der Waals surface area contributed by atoms with Crippen molar-refractivity contribution in [2.24, 2.45) is 40.4 Å². The van der Waals surface area contributed by atoms with E-state index in [2.05, 4.69) is 19.8 Å². The summed E-state index contributed by atoms with van der Waals surface area (Å²) in [5, 5.41) is 10.8. The second-order valence-corrected chi connectivity index (χ2v) is 10.5. The molecule has 4 aliphatic rings. The molecule has 25 heavy (non-hydrogen) atoms. The van der Waals surface area contributed by atoms with Crippen molar-refractivity contribution >= 4 is 0 Å². The third kappa shape index (κ3) is 2.44. The number of rotatable bonds is 1. The second-order valence-electron chi connectivity index (χ2n) is 10.5. The lowest BCUT2D eigenvalue weighted by molar-refractivity contribution is -0.131. The predicted octanol–water partition coefficient (Wildman–Crippen LogP) is 5.37. The van der Waals surface area contributed by atoms with Crippen LogP contribution in [0.4, 0.5) is 4.39 Å². The normalized spacial score (nSPS) is 54.6. The number of aliphatic hydroxyl groups is 1. The average molecular weight is 347 g/mol. The number of fused-ring (bicyclic) bond motifs is 5. The molecule has 4 rings (SSSR count). The van der Waals surface area contributed by atoms with Crippen LogP contribution in [0.5, 0.6) is 0 Å². The van der Waals surface area contributed by atoms with Crippen molar-refractivity contribution in [3.05, 3.63) is 0 Å². The second kappa shape index (κ2) is 5.72. The van der Waals surface area contributed by atoms with Gasteiger partial charge in [0.15, 0.2) is 0 Å². The summed E-state index contributed by atoms with van der Waals surface area (Å²) in [5.41, 5.74) is -0.458. The summed E-state index contributed by atoms with van der Waals surface area (Å²) in [6.07, 6.45) is 15.0. The van der Waals surface area contributed by atoms with Crippen LogP contribution >= 0.6 is 0 Å². The summed E-state index contributed by atoms with van der Waals surface area (Å²) in [4.78, 5) is 0. The quantitative estimate of drug-likeness (QED) is 0.633. The van der Waals surface area contributed by atoms with E-state index in [1.807, 2.05) is 6.92 Å². The molecule has 0 spiro atoms. The van der Waals surface area contributed by atoms with Crippen LogP contribution in [-0.4, -0.2) is 16.9 Å². The van der Waals surface area contributed by atoms with Gasteiger partial charge >= 0.3 is 0 Å². The third-order valence-corrected chi connectivity index (χ3v) is 9.57. The van der Waals surface area contributed by atoms with Gasteiger partial charge in [-0.1, -0.05) is 19.8 Å². The first-order valence-corrected chi connectivity index (χ1v) is 10.6. The molecule has 5 unspecified atom stereocenters. The van der Waals surface area contributed by atoms with Gasteiger partial charge in [-0.05, 0) is 99.2 Å². The Kier molecular flexibility index (Phi) is 4.08. The number of hydrogen-bond acceptors (Lipinski definition) is 1. The Hall–Kier alpha value is -0.550. The Bertz CT molecular complexity index is 577. The first-order chi connectivity index (χ1) is 11.7. The zero-order chi connectivity index (χ0) is 18.0. The number of terminal acetylenes is 1. The van der Waals surface area contributed by atoms with Crippen LogP contribution in [0.1, 0.15) is 78.6 Å². The van der Waals surface area contributed by atoms with E-state index in [-0.39, 0.29) is 11.3 Å². The molecule has 0 radical (unpaired) electrons. The van der Waals surface area contributed by atoms with E-state index in [0.717, 1.165) is 37.5 Å². The highest BCUT2D eigenvalue weighted by Gasteiger charge is 2.62. The van der Waals surface area contributed by atoms with E-state index < -0.39 is 11.8 Å². The molecule has 0 aliphatic heterocycles. The van der Waals surface area contributed by atoms with Gasteiger partial charge in [0.25, 0.3) is 0 Å². The summed E-state index contributed by atoms with van der Waals surface area (Å²) in [7, 11) is 0. The minimum absolute atomic E-state index is 0.178. The van der Waals surface area contributed by atoms with Crippen molar-refractivity contribution in [3.63, 3.8) is 0 Å². The van der Waals surface area contributed by atoms with Crippen LogP contribution in [0, 0.1) is 52.8 Å². The summed E-state index contributed by atoms with van der Waals surface area (Å²) in [6, 6.07) is 0. The maximum absolute atomic E-state index is 14.0. The maximum Gasteiger partial charge on any atom is 0.125 e. The average Bonchev–Trinajstić information content (AvgIpc) is 2.93. The van der Waals surface area contributed by atoms with Crippen molar-refractivity contribution in [2.45, 2.75) is 90.3 Å². The zero-order valence-corrected chi connectivity index (χ0v) is 16.2. The number of hydrogen-bond donors (Lipinski definition) is 1. The lowest BCUT2D eigenvalue weighted by Crippen LogP contribution is -2.55. The Balaban J connectivity index is 1.61. The molecule has 140 valence electrons. The molecule has 4 saturated carbocycles. The highest BCUT2D eigenvalue weighted by atomic mass is 19.1. The van der Waals surface area contributed by atoms with Gasteiger partial charge in [0.05, 0.1) is 0 Å². The topological polar surface area (TPSA) is 20.2 Å². The summed E-state index contributed by atoms with van der Waals surface area (Å²) < 4.78 is 14.0. The van der Waals surface area contributed by atoms with Gasteiger partial charge in [-0.25, -0.2) is 4.39 Å². The van der Waals surface area contributed by atoms with E-state index in [0.29, 0.717) is 17.3 Å². The molecule has 4 fully saturated rings. The van der Waals surface area contributed by atoms with Crippen LogP contribution in [0.3, 0.4) is 0 Å². The third-order valence-electron chi connectivity index (χ3n) is 9.57. The van der Waals surface area contributed by atoms with E-state index in [1.54, 1.807) is 0 Å². The van der Waals surface area contributed by atoms with E-state index in [4.69, 9.17) is 6.42 Å². The van der Waals surface area contributed by atoms with Crippen LogP contribution in [-0.2, 0) is 0 Å². The molecule has 0 bridgehead atoms. The van der Waals surface area contributed by atoms with E-state index >= 15 is 0 Å². The molecule has 1 N–H and O–H groups in total. The Morgan fingerprint density at radius 2 is 1.68 bits per heavy atom. The van der Waals surface area contributed by atoms with Crippen LogP contribution in [0.25, 0.3) is 0 Å². The van der Waals surface area contributed by atoms with Gasteiger partial charge < -0.3 is 5.11 Å². The minimum atomic E-state index is -0.982. The Labute approximate surface area is 153 Å². The molecular formula is C23H35FO. The van der Waals surface area contributed by atoms with Crippen LogP contribution < -0.4 is 0 Å². The molecule has 0 heterocycles. The maximum atomic E-state index is 14.0. The summed E-state index contributed by atoms with van der Waals surface area (Å²) in [6.45, 7) is 6.73. The smallest absolute Gasteiger partial charge is 0.125 e. The highest BCUT2D eigenvalue weighted by Crippen LogP contribution is 2.68. The molecule has 2 heteroatoms. The molecule has 0 saturated heterocycles. The molecule has 0 aromatic rings. The largest absolute Gasteiger partial charge is 0.378 e. The molecular weight excluding hydrogens is 311 g/mol. The predicted molar refractivity (Wildman–Crippen MR) is 99.6 cm³/mol. The van der Waals surface area contributed by atoms with E-state index in [9.17, 15) is 9.50 Å². The van der Waals surface area contributed by atoms with Crippen molar-refractivity contribution in [3.8, 4) is 12.3 Å². The molecule has 9 atom stereocenters. The lowest BCUT2D eigenvalue weighted by Gasteiger charge is -2.61. The van der Waals surface area contributed by atoms with Gasteiger partial charge in [-0.3, -0.25) is 0 Å². The molecule has 0 aromatic carbocycles. The Morgan fingerprint density at radius 1 is 1.00 bits per heavy atom. The first kappa shape index (κ1) is 17.8. The van der Waals surface area contributed by atoms with Crippen molar-refractivity contribution < 1.29 is 9.50 Å². The number of halogens is 1. The molecule has 1 nitrogen and oxygen atoms in total. The van der Waals surface area contributed by atoms with Gasteiger partial charge in [-0.2, -0.15) is 0 Å². The fourth-order valence-corrected chi connectivity index (χ4v) is 8.23. The van der Waals surface area contributed by atoms with Gasteiger partial charge in [-0.15, -0.1) is 6.42 Å². The fourth-order valence-electron chi connectivity index (χ4n) is 8.23. The van der Waals surface area contributed by atoms with Crippen LogP contribution in [0.15, 0.2) is 0 Å². The van der Waals surface area contributed by atoms with Crippen molar-refractivity contribution in [1.82, 2.24) is 0 Å². The first-order valence-electron chi connectivity index (χ1n) is 10.6. The van der Waals surface area contributed by atoms with Crippen molar-refractivity contribution in [2.75, 3.05) is 0 Å². The summed E-state index contributed by atoms with van der Waals surface area (Å²) >= 11 is 0. The fraction of sp³-hybridized carbons (Fsp3) is 0.913. The van der Waals surface area contributed by atoms with E-state index in [1.165, 1.54) is 32.1 Å². The highest BCUT2D eigenvalue weighted by molar-refractivity contribution is 5.17. The molecule has 4 aliphatic carbocycles. The summed E-state index contributed by atoms with van der Waals surface area (Å²) in [5.74, 6) is 5.71. The number of alkyl halides is 1. The lowest BCUT2D eigenvalue weighted by atomic mass is 9.44. The van der Waals surface area contributed by atoms with Gasteiger partial charge in [0, 0.05) is 5.92 Å². The minimum Gasteiger partial charge on any atom is -0.378 e. The standard InChI is InChI=1S/C23H35FO/c1-5-23(4,25)20-9-8-18-17-7-6-15-14-16(24)10-12-21(15,2)19(17)11-13-22(18,20)3/h1,15-20,25H,6-14H2,2-4H3/t15?,16-,17?,18?,19?,20-,21-,22-,23?/m0/s1. The van der Waals surface area contributed by atoms with Crippen LogP contribution in [0.2, 0.25) is 0 Å². The van der Waals surface area contributed by atoms with Crippen molar-refractivity contribution in [1.29, 1.82) is 0 Å². The molecule has 0 amide bonds. The zero-order valence-electron chi connectivity index (χ0n) is 16.2. The SMILES string of the molecule is C#CC(C)(O)[C@H]1CCC2C3CCC4C[C@@H](F)CC[C@]4(C)C3CC[C@@]21C. The molecule has 0 aromatic heterocycles.